The molecule has 2 aromatic heterocycles. The van der Waals surface area contributed by atoms with Crippen molar-refractivity contribution < 1.29 is 9.53 Å². The highest BCUT2D eigenvalue weighted by Crippen LogP contribution is 2.26. The van der Waals surface area contributed by atoms with E-state index in [1.807, 2.05) is 0 Å². The first-order valence-electron chi connectivity index (χ1n) is 6.74. The van der Waals surface area contributed by atoms with Gasteiger partial charge in [0.25, 0.3) is 0 Å². The van der Waals surface area contributed by atoms with Crippen molar-refractivity contribution in [2.24, 2.45) is 0 Å². The first kappa shape index (κ1) is 14.5. The molecule has 3 N–H and O–H groups in total. The van der Waals surface area contributed by atoms with Crippen molar-refractivity contribution in [1.82, 2.24) is 19.5 Å². The first-order chi connectivity index (χ1) is 11.2. The van der Waals surface area contributed by atoms with Crippen LogP contribution in [0.5, 0.6) is 0 Å². The van der Waals surface area contributed by atoms with Gasteiger partial charge in [-0.15, -0.1) is 0 Å². The van der Waals surface area contributed by atoms with E-state index in [4.69, 9.17) is 10.5 Å². The van der Waals surface area contributed by atoms with Crippen molar-refractivity contribution in [3.8, 4) is 5.82 Å². The maximum atomic E-state index is 11.8. The molecule has 0 unspecified atom stereocenters. The van der Waals surface area contributed by atoms with Crippen LogP contribution in [-0.4, -0.2) is 32.6 Å². The van der Waals surface area contributed by atoms with E-state index in [0.29, 0.717) is 28.6 Å². The molecule has 3 aromatic rings. The van der Waals surface area contributed by atoms with Crippen LogP contribution in [0, 0.1) is 0 Å². The summed E-state index contributed by atoms with van der Waals surface area (Å²) in [5.74, 6) is 0.436. The Bertz CT molecular complexity index is 832. The fourth-order valence-electron chi connectivity index (χ4n) is 2.08. The molecule has 0 bridgehead atoms. The Kier molecular flexibility index (Phi) is 3.88. The predicted molar refractivity (Wildman–Crippen MR) is 84.6 cm³/mol. The SMILES string of the molecule is COC(=O)c1ccccc1Nc1ncnc(-n2ccnc2)c1N. The molecule has 23 heavy (non-hydrogen) atoms. The molecule has 0 spiro atoms. The number of imidazole rings is 1. The van der Waals surface area contributed by atoms with Gasteiger partial charge in [0.15, 0.2) is 11.6 Å². The van der Waals surface area contributed by atoms with Crippen LogP contribution < -0.4 is 11.1 Å². The fourth-order valence-corrected chi connectivity index (χ4v) is 2.08. The normalized spacial score (nSPS) is 10.3. The van der Waals surface area contributed by atoms with Gasteiger partial charge < -0.3 is 15.8 Å². The van der Waals surface area contributed by atoms with E-state index >= 15 is 0 Å². The number of methoxy groups -OCH3 is 1. The van der Waals surface area contributed by atoms with Gasteiger partial charge in [0.1, 0.15) is 18.3 Å². The molecule has 1 aromatic carbocycles. The molecule has 0 aliphatic carbocycles. The second kappa shape index (κ2) is 6.14. The maximum absolute atomic E-state index is 11.8. The maximum Gasteiger partial charge on any atom is 0.339 e. The van der Waals surface area contributed by atoms with E-state index in [9.17, 15) is 4.79 Å². The molecule has 0 aliphatic rings. The summed E-state index contributed by atoms with van der Waals surface area (Å²) in [6.45, 7) is 0. The third kappa shape index (κ3) is 2.82. The number of hydrogen-bond donors (Lipinski definition) is 2. The van der Waals surface area contributed by atoms with Crippen LogP contribution in [-0.2, 0) is 4.74 Å². The summed E-state index contributed by atoms with van der Waals surface area (Å²) in [4.78, 5) is 24.1. The van der Waals surface area contributed by atoms with Crippen molar-refractivity contribution in [3.05, 3.63) is 54.9 Å². The molecule has 0 aliphatic heterocycles. The molecule has 116 valence electrons. The topological polar surface area (TPSA) is 108 Å². The van der Waals surface area contributed by atoms with Crippen molar-refractivity contribution in [3.63, 3.8) is 0 Å². The number of hydrogen-bond acceptors (Lipinski definition) is 7. The molecule has 0 radical (unpaired) electrons. The Morgan fingerprint density at radius 3 is 2.87 bits per heavy atom. The quantitative estimate of drug-likeness (QED) is 0.707. The minimum atomic E-state index is -0.449. The van der Waals surface area contributed by atoms with E-state index < -0.39 is 5.97 Å². The number of esters is 1. The summed E-state index contributed by atoms with van der Waals surface area (Å²) >= 11 is 0. The Morgan fingerprint density at radius 2 is 2.13 bits per heavy atom. The lowest BCUT2D eigenvalue weighted by molar-refractivity contribution is 0.0602. The summed E-state index contributed by atoms with van der Waals surface area (Å²) in [6.07, 6.45) is 6.33. The number of nitrogens with two attached hydrogens (primary N) is 1. The number of anilines is 3. The number of ether oxygens (including phenoxy) is 1. The van der Waals surface area contributed by atoms with Crippen molar-refractivity contribution in [2.75, 3.05) is 18.2 Å². The zero-order chi connectivity index (χ0) is 16.2. The largest absolute Gasteiger partial charge is 0.465 e. The number of nitrogens with zero attached hydrogens (tertiary/aromatic N) is 4. The van der Waals surface area contributed by atoms with E-state index in [1.165, 1.54) is 13.4 Å². The van der Waals surface area contributed by atoms with Crippen LogP contribution in [0.25, 0.3) is 5.82 Å². The molecule has 0 saturated heterocycles. The molecular weight excluding hydrogens is 296 g/mol. The Hall–Kier alpha value is -3.42. The fraction of sp³-hybridized carbons (Fsp3) is 0.0667. The number of para-hydroxylation sites is 1. The molecular formula is C15H14N6O2. The minimum Gasteiger partial charge on any atom is -0.465 e. The minimum absolute atomic E-state index is 0.338. The lowest BCUT2D eigenvalue weighted by Crippen LogP contribution is -2.09. The summed E-state index contributed by atoms with van der Waals surface area (Å²) in [6, 6.07) is 6.94. The van der Waals surface area contributed by atoms with Gasteiger partial charge in [-0.05, 0) is 12.1 Å². The summed E-state index contributed by atoms with van der Waals surface area (Å²) in [5, 5.41) is 3.05. The lowest BCUT2D eigenvalue weighted by Gasteiger charge is -2.13. The average Bonchev–Trinajstić information content (AvgIpc) is 3.11. The van der Waals surface area contributed by atoms with Crippen LogP contribution in [0.4, 0.5) is 17.2 Å². The highest BCUT2D eigenvalue weighted by atomic mass is 16.5. The van der Waals surface area contributed by atoms with Crippen LogP contribution >= 0.6 is 0 Å². The third-order valence-corrected chi connectivity index (χ3v) is 3.20. The Labute approximate surface area is 132 Å². The number of nitrogens with one attached hydrogen (secondary N) is 1. The second-order valence-corrected chi connectivity index (χ2v) is 4.59. The number of carbonyl (C=O) groups is 1. The van der Waals surface area contributed by atoms with Gasteiger partial charge >= 0.3 is 5.97 Å². The number of rotatable bonds is 4. The van der Waals surface area contributed by atoms with E-state index in [-0.39, 0.29) is 0 Å². The molecule has 2 heterocycles. The first-order valence-corrected chi connectivity index (χ1v) is 6.74. The zero-order valence-corrected chi connectivity index (χ0v) is 12.3. The van der Waals surface area contributed by atoms with Crippen LogP contribution in [0.1, 0.15) is 10.4 Å². The van der Waals surface area contributed by atoms with Gasteiger partial charge in [0.05, 0.1) is 18.4 Å². The van der Waals surface area contributed by atoms with E-state index in [0.717, 1.165) is 0 Å². The molecule has 0 saturated carbocycles. The molecule has 8 heteroatoms. The number of benzene rings is 1. The second-order valence-electron chi connectivity index (χ2n) is 4.59. The van der Waals surface area contributed by atoms with Gasteiger partial charge in [-0.2, -0.15) is 0 Å². The summed E-state index contributed by atoms with van der Waals surface area (Å²) in [5.41, 5.74) is 7.40. The number of nitrogen functional groups attached to an aromatic ring is 1. The van der Waals surface area contributed by atoms with Gasteiger partial charge in [-0.3, -0.25) is 4.57 Å². The van der Waals surface area contributed by atoms with Gasteiger partial charge in [-0.1, -0.05) is 12.1 Å². The van der Waals surface area contributed by atoms with Crippen molar-refractivity contribution in [1.29, 1.82) is 0 Å². The molecule has 8 nitrogen and oxygen atoms in total. The van der Waals surface area contributed by atoms with Crippen LogP contribution in [0.3, 0.4) is 0 Å². The van der Waals surface area contributed by atoms with Crippen molar-refractivity contribution in [2.45, 2.75) is 0 Å². The molecule has 3 rings (SSSR count). The number of aromatic nitrogens is 4. The smallest absolute Gasteiger partial charge is 0.339 e. The highest BCUT2D eigenvalue weighted by molar-refractivity contribution is 5.96. The van der Waals surface area contributed by atoms with Crippen LogP contribution in [0.2, 0.25) is 0 Å². The predicted octanol–water partition coefficient (Wildman–Crippen LogP) is 1.77. The molecule has 0 fully saturated rings. The van der Waals surface area contributed by atoms with Gasteiger partial charge in [0, 0.05) is 12.4 Å². The summed E-state index contributed by atoms with van der Waals surface area (Å²) in [7, 11) is 1.33. The van der Waals surface area contributed by atoms with E-state index in [2.05, 4.69) is 20.3 Å². The highest BCUT2D eigenvalue weighted by Gasteiger charge is 2.14. The lowest BCUT2D eigenvalue weighted by atomic mass is 10.2. The molecule has 0 atom stereocenters. The van der Waals surface area contributed by atoms with Crippen LogP contribution in [0.15, 0.2) is 49.3 Å². The van der Waals surface area contributed by atoms with Crippen molar-refractivity contribution >= 4 is 23.2 Å². The third-order valence-electron chi connectivity index (χ3n) is 3.20. The number of carbonyl (C=O) groups excluding carboxylic acids is 1. The summed E-state index contributed by atoms with van der Waals surface area (Å²) < 4.78 is 6.45. The average molecular weight is 310 g/mol. The van der Waals surface area contributed by atoms with Gasteiger partial charge in [0.2, 0.25) is 0 Å². The monoisotopic (exact) mass is 310 g/mol. The Morgan fingerprint density at radius 1 is 1.30 bits per heavy atom. The standard InChI is InChI=1S/C15H14N6O2/c1-23-15(22)10-4-2-3-5-11(10)20-13-12(16)14(19-8-18-13)21-7-6-17-9-21/h2-9H,16H2,1H3,(H,18,19,20). The zero-order valence-electron chi connectivity index (χ0n) is 12.3. The van der Waals surface area contributed by atoms with Gasteiger partial charge in [-0.25, -0.2) is 19.7 Å². The molecule has 0 amide bonds. The van der Waals surface area contributed by atoms with E-state index in [1.54, 1.807) is 47.6 Å². The Balaban J connectivity index is 1.99.